The van der Waals surface area contributed by atoms with E-state index in [1.807, 2.05) is 60.7 Å². The van der Waals surface area contributed by atoms with E-state index in [-0.39, 0.29) is 0 Å². The number of aromatic nitrogens is 4. The molecule has 0 saturated heterocycles. The highest BCUT2D eigenvalue weighted by molar-refractivity contribution is 6.33. The number of hydrogen-bond donors (Lipinski definition) is 0. The highest BCUT2D eigenvalue weighted by Crippen LogP contribution is 2.44. The zero-order valence-corrected chi connectivity index (χ0v) is 30.0. The second-order valence-electron chi connectivity index (χ2n) is 14.4. The number of para-hydroxylation sites is 1. The summed E-state index contributed by atoms with van der Waals surface area (Å²) in [7, 11) is 0. The van der Waals surface area contributed by atoms with E-state index in [0.29, 0.717) is 17.5 Å². The van der Waals surface area contributed by atoms with Crippen LogP contribution in [0.15, 0.2) is 186 Å². The second-order valence-corrected chi connectivity index (χ2v) is 14.4. The van der Waals surface area contributed by atoms with Crippen LogP contribution in [0.1, 0.15) is 0 Å². The molecule has 0 radical (unpaired) electrons. The molecule has 5 heteroatoms. The lowest BCUT2D eigenvalue weighted by molar-refractivity contribution is 0.669. The molecule has 0 aliphatic heterocycles. The first-order chi connectivity index (χ1) is 27.7. The average molecular weight is 715 g/mol. The van der Waals surface area contributed by atoms with E-state index in [9.17, 15) is 0 Å². The summed E-state index contributed by atoms with van der Waals surface area (Å²) in [5.74, 6) is 1.93. The molecule has 5 nitrogen and oxygen atoms in total. The fraction of sp³-hybridized carbons (Fsp3) is 0. The van der Waals surface area contributed by atoms with E-state index in [0.717, 1.165) is 55.7 Å². The lowest BCUT2D eigenvalue weighted by Crippen LogP contribution is -2.00. The molecule has 56 heavy (non-hydrogen) atoms. The van der Waals surface area contributed by atoms with Crippen LogP contribution in [-0.2, 0) is 0 Å². The molecular formula is C51H30N4O. The molecule has 0 aliphatic carbocycles. The average Bonchev–Trinajstić information content (AvgIpc) is 3.82. The maximum Gasteiger partial charge on any atom is 0.164 e. The summed E-state index contributed by atoms with van der Waals surface area (Å²) < 4.78 is 8.99. The third-order valence-corrected chi connectivity index (χ3v) is 11.2. The Morgan fingerprint density at radius 3 is 1.61 bits per heavy atom. The Bertz CT molecular complexity index is 3420. The molecule has 0 spiro atoms. The first kappa shape index (κ1) is 30.8. The summed E-state index contributed by atoms with van der Waals surface area (Å²) in [5, 5.41) is 9.66. The molecule has 0 N–H and O–H groups in total. The van der Waals surface area contributed by atoms with Gasteiger partial charge < -0.3 is 8.98 Å². The van der Waals surface area contributed by atoms with Gasteiger partial charge in [-0.2, -0.15) is 0 Å². The molecule has 0 bridgehead atoms. The summed E-state index contributed by atoms with van der Waals surface area (Å²) in [6.07, 6.45) is 0. The van der Waals surface area contributed by atoms with Gasteiger partial charge in [-0.25, -0.2) is 15.0 Å². The van der Waals surface area contributed by atoms with Crippen molar-refractivity contribution in [1.29, 1.82) is 0 Å². The van der Waals surface area contributed by atoms with Crippen LogP contribution in [0, 0.1) is 0 Å². The zero-order chi connectivity index (χ0) is 36.7. The van der Waals surface area contributed by atoms with Crippen LogP contribution in [0.2, 0.25) is 0 Å². The lowest BCUT2D eigenvalue weighted by atomic mass is 9.94. The quantitative estimate of drug-likeness (QED) is 0.167. The molecule has 3 aromatic heterocycles. The summed E-state index contributed by atoms with van der Waals surface area (Å²) >= 11 is 0. The molecule has 0 amide bonds. The molecule has 0 aliphatic rings. The van der Waals surface area contributed by atoms with E-state index >= 15 is 0 Å². The molecule has 260 valence electrons. The molecule has 0 unspecified atom stereocenters. The van der Waals surface area contributed by atoms with Crippen LogP contribution in [0.3, 0.4) is 0 Å². The fourth-order valence-electron chi connectivity index (χ4n) is 8.66. The number of rotatable bonds is 5. The Kier molecular flexibility index (Phi) is 6.56. The van der Waals surface area contributed by atoms with Gasteiger partial charge in [0.2, 0.25) is 0 Å². The van der Waals surface area contributed by atoms with Crippen LogP contribution in [0.5, 0.6) is 0 Å². The van der Waals surface area contributed by atoms with Crippen molar-refractivity contribution in [3.8, 4) is 51.0 Å². The van der Waals surface area contributed by atoms with Crippen molar-refractivity contribution in [3.63, 3.8) is 0 Å². The van der Waals surface area contributed by atoms with Crippen molar-refractivity contribution in [1.82, 2.24) is 19.5 Å². The Morgan fingerprint density at radius 2 is 0.857 bits per heavy atom. The van der Waals surface area contributed by atoms with Gasteiger partial charge in [0.25, 0.3) is 0 Å². The monoisotopic (exact) mass is 714 g/mol. The van der Waals surface area contributed by atoms with Gasteiger partial charge in [-0.1, -0.05) is 140 Å². The minimum Gasteiger partial charge on any atom is -0.456 e. The van der Waals surface area contributed by atoms with Crippen molar-refractivity contribution < 1.29 is 4.42 Å². The molecule has 12 aromatic rings. The molecule has 0 atom stereocenters. The van der Waals surface area contributed by atoms with E-state index < -0.39 is 0 Å². The maximum absolute atomic E-state index is 6.61. The predicted octanol–water partition coefficient (Wildman–Crippen LogP) is 13.3. The Hall–Kier alpha value is -7.63. The predicted molar refractivity (Wildman–Crippen MR) is 229 cm³/mol. The van der Waals surface area contributed by atoms with Gasteiger partial charge in [0, 0.05) is 44.3 Å². The Morgan fingerprint density at radius 1 is 0.321 bits per heavy atom. The topological polar surface area (TPSA) is 56.7 Å². The number of hydrogen-bond acceptors (Lipinski definition) is 4. The van der Waals surface area contributed by atoms with E-state index in [1.165, 1.54) is 43.1 Å². The van der Waals surface area contributed by atoms with Crippen LogP contribution in [0.4, 0.5) is 0 Å². The van der Waals surface area contributed by atoms with Gasteiger partial charge >= 0.3 is 0 Å². The van der Waals surface area contributed by atoms with Crippen molar-refractivity contribution in [2.24, 2.45) is 0 Å². The van der Waals surface area contributed by atoms with Crippen molar-refractivity contribution in [2.75, 3.05) is 0 Å². The van der Waals surface area contributed by atoms with Gasteiger partial charge in [-0.15, -0.1) is 0 Å². The van der Waals surface area contributed by atoms with E-state index in [2.05, 4.69) is 126 Å². The molecule has 0 fully saturated rings. The highest BCUT2D eigenvalue weighted by Gasteiger charge is 2.21. The van der Waals surface area contributed by atoms with Gasteiger partial charge in [0.1, 0.15) is 11.2 Å². The number of fused-ring (bicyclic) bond motifs is 6. The van der Waals surface area contributed by atoms with Crippen molar-refractivity contribution >= 4 is 65.3 Å². The summed E-state index contributed by atoms with van der Waals surface area (Å²) in [6, 6.07) is 63.8. The van der Waals surface area contributed by atoms with Crippen molar-refractivity contribution in [3.05, 3.63) is 182 Å². The number of furan rings is 1. The van der Waals surface area contributed by atoms with E-state index in [1.54, 1.807) is 0 Å². The van der Waals surface area contributed by atoms with Crippen LogP contribution in [-0.4, -0.2) is 19.5 Å². The largest absolute Gasteiger partial charge is 0.456 e. The van der Waals surface area contributed by atoms with E-state index in [4.69, 9.17) is 19.4 Å². The Balaban J connectivity index is 1.02. The highest BCUT2D eigenvalue weighted by atomic mass is 16.3. The maximum atomic E-state index is 6.61. The molecular weight excluding hydrogens is 685 g/mol. The SMILES string of the molecule is c1ccc(-c2nc(-c3ccccc3)nc(-c3cccc(-c4ccc5c(c4)c4ccccc4n5-c4cc5oc6cccc7c8ccccc8c(c4)c5c67)c3)n2)cc1. The molecule has 9 aromatic carbocycles. The first-order valence-corrected chi connectivity index (χ1v) is 18.9. The standard InChI is InChI=1S/C51H30N4O/c1-3-13-31(14-4-1)49-52-50(32-15-5-2-6-16-32)54-51(53-49)35-18-11-17-33(27-35)34-25-26-44-41(28-34)39-21-9-10-23-43(39)55(44)36-29-42-38-20-8-7-19-37(38)40-22-12-24-45-47(40)48(42)46(30-36)56-45/h1-30H. The normalized spacial score (nSPS) is 11.9. The molecule has 0 saturated carbocycles. The van der Waals surface area contributed by atoms with Crippen LogP contribution >= 0.6 is 0 Å². The van der Waals surface area contributed by atoms with Gasteiger partial charge in [-0.3, -0.25) is 0 Å². The third-order valence-electron chi connectivity index (χ3n) is 11.2. The lowest BCUT2D eigenvalue weighted by Gasteiger charge is -2.12. The Labute approximate surface area is 321 Å². The van der Waals surface area contributed by atoms with Crippen LogP contribution in [0.25, 0.3) is 116 Å². The second kappa shape index (κ2) is 11.9. The molecule has 12 rings (SSSR count). The smallest absolute Gasteiger partial charge is 0.164 e. The minimum atomic E-state index is 0.635. The summed E-state index contributed by atoms with van der Waals surface area (Å²) in [4.78, 5) is 14.9. The van der Waals surface area contributed by atoms with Crippen LogP contribution < -0.4 is 0 Å². The summed E-state index contributed by atoms with van der Waals surface area (Å²) in [5.41, 5.74) is 10.2. The summed E-state index contributed by atoms with van der Waals surface area (Å²) in [6.45, 7) is 0. The minimum absolute atomic E-state index is 0.635. The first-order valence-electron chi connectivity index (χ1n) is 18.9. The zero-order valence-electron chi connectivity index (χ0n) is 30.0. The van der Waals surface area contributed by atoms with Crippen molar-refractivity contribution in [2.45, 2.75) is 0 Å². The number of nitrogens with zero attached hydrogens (tertiary/aromatic N) is 4. The fourth-order valence-corrected chi connectivity index (χ4v) is 8.66. The van der Waals surface area contributed by atoms with Gasteiger partial charge in [0.05, 0.1) is 16.7 Å². The molecule has 3 heterocycles. The van der Waals surface area contributed by atoms with Gasteiger partial charge in [0.15, 0.2) is 17.5 Å². The van der Waals surface area contributed by atoms with Gasteiger partial charge in [-0.05, 0) is 69.1 Å². The third kappa shape index (κ3) is 4.64. The number of benzene rings is 9.